The largest absolute Gasteiger partial charge is 0.345 e. The Hall–Kier alpha value is -5.18. The lowest BCUT2D eigenvalue weighted by Gasteiger charge is -2.29. The first-order valence-corrected chi connectivity index (χ1v) is 16.9. The monoisotopic (exact) mass is 690 g/mol. The molecule has 4 rings (SSSR count). The van der Waals surface area contributed by atoms with Crippen LogP contribution in [0.25, 0.3) is 0 Å². The Kier molecular flexibility index (Phi) is 12.5. The van der Waals surface area contributed by atoms with Crippen molar-refractivity contribution in [1.82, 2.24) is 41.0 Å². The summed E-state index contributed by atoms with van der Waals surface area (Å²) < 4.78 is 0. The lowest BCUT2D eigenvalue weighted by molar-refractivity contribution is -0.136. The third-order valence-electron chi connectivity index (χ3n) is 7.97. The van der Waals surface area contributed by atoms with E-state index in [1.165, 1.54) is 54.3 Å². The average Bonchev–Trinajstić information content (AvgIpc) is 3.58. The Morgan fingerprint density at radius 2 is 1.61 bits per heavy atom. The fourth-order valence-corrected chi connectivity index (χ4v) is 5.99. The van der Waals surface area contributed by atoms with Crippen molar-refractivity contribution in [2.24, 2.45) is 5.92 Å². The van der Waals surface area contributed by atoms with Gasteiger partial charge in [0, 0.05) is 31.7 Å². The van der Waals surface area contributed by atoms with Crippen LogP contribution in [0.3, 0.4) is 0 Å². The molecule has 1 aliphatic heterocycles. The molecule has 0 radical (unpaired) electrons. The molecule has 0 saturated carbocycles. The van der Waals surface area contributed by atoms with Gasteiger partial charge in [-0.25, -0.2) is 4.98 Å². The van der Waals surface area contributed by atoms with E-state index < -0.39 is 59.6 Å². The molecule has 2 bridgehead atoms. The number of rotatable bonds is 4. The van der Waals surface area contributed by atoms with Gasteiger partial charge in [-0.05, 0) is 43.9 Å². The predicted molar refractivity (Wildman–Crippen MR) is 182 cm³/mol. The third kappa shape index (κ3) is 9.92. The summed E-state index contributed by atoms with van der Waals surface area (Å²) in [5.41, 5.74) is 1.09. The number of hydrogen-bond donors (Lipinski definition) is 4. The zero-order valence-corrected chi connectivity index (χ0v) is 29.0. The van der Waals surface area contributed by atoms with Gasteiger partial charge >= 0.3 is 0 Å². The van der Waals surface area contributed by atoms with Crippen LogP contribution < -0.4 is 21.3 Å². The van der Waals surface area contributed by atoms with E-state index >= 15 is 0 Å². The van der Waals surface area contributed by atoms with Gasteiger partial charge in [-0.3, -0.25) is 33.8 Å². The van der Waals surface area contributed by atoms with Crippen molar-refractivity contribution in [2.75, 3.05) is 26.7 Å². The second kappa shape index (κ2) is 16.8. The van der Waals surface area contributed by atoms with Crippen LogP contribution in [0.2, 0.25) is 0 Å². The van der Waals surface area contributed by atoms with E-state index in [4.69, 9.17) is 0 Å². The second-order valence-corrected chi connectivity index (χ2v) is 13.1. The maximum absolute atomic E-state index is 13.6. The van der Waals surface area contributed by atoms with Crippen LogP contribution >= 0.6 is 11.3 Å². The molecule has 4 atom stereocenters. The van der Waals surface area contributed by atoms with Crippen molar-refractivity contribution < 1.29 is 28.8 Å². The minimum Gasteiger partial charge on any atom is -0.345 e. The molecule has 0 unspecified atom stereocenters. The number of nitrogens with zero attached hydrogens (tertiary/aromatic N) is 4. The Labute approximate surface area is 289 Å². The molecule has 49 heavy (non-hydrogen) atoms. The number of nitrogens with one attached hydrogen (secondary N) is 4. The van der Waals surface area contributed by atoms with Gasteiger partial charge < -0.3 is 31.1 Å². The van der Waals surface area contributed by atoms with E-state index in [2.05, 4.69) is 31.2 Å². The van der Waals surface area contributed by atoms with Crippen LogP contribution in [0.1, 0.15) is 65.3 Å². The molecule has 260 valence electrons. The highest BCUT2D eigenvalue weighted by molar-refractivity contribution is 7.09. The van der Waals surface area contributed by atoms with Crippen LogP contribution in [-0.2, 0) is 25.6 Å². The van der Waals surface area contributed by atoms with Crippen molar-refractivity contribution in [2.45, 2.75) is 58.3 Å². The summed E-state index contributed by atoms with van der Waals surface area (Å²) in [4.78, 5) is 91.3. The smallest absolute Gasteiger partial charge is 0.272 e. The van der Waals surface area contributed by atoms with Crippen molar-refractivity contribution in [3.05, 3.63) is 82.1 Å². The molecule has 0 saturated heterocycles. The highest BCUT2D eigenvalue weighted by atomic mass is 32.1. The molecule has 3 aromatic rings. The summed E-state index contributed by atoms with van der Waals surface area (Å²) in [7, 11) is 1.53. The van der Waals surface area contributed by atoms with E-state index in [-0.39, 0.29) is 36.9 Å². The van der Waals surface area contributed by atoms with E-state index in [1.807, 2.05) is 30.3 Å². The molecule has 0 fully saturated rings. The van der Waals surface area contributed by atoms with Crippen molar-refractivity contribution in [1.29, 1.82) is 0 Å². The Morgan fingerprint density at radius 1 is 0.898 bits per heavy atom. The number of pyridine rings is 1. The summed E-state index contributed by atoms with van der Waals surface area (Å²) in [5.74, 6) is -3.55. The van der Waals surface area contributed by atoms with Gasteiger partial charge in [0.25, 0.3) is 11.8 Å². The van der Waals surface area contributed by atoms with Gasteiger partial charge in [0.2, 0.25) is 23.6 Å². The topological polar surface area (TPSA) is 183 Å². The first-order valence-electron chi connectivity index (χ1n) is 16.0. The highest BCUT2D eigenvalue weighted by Crippen LogP contribution is 2.23. The fraction of sp³-hybridized carbons (Fsp3) is 0.412. The van der Waals surface area contributed by atoms with E-state index in [1.54, 1.807) is 31.4 Å². The molecule has 0 aliphatic carbocycles. The van der Waals surface area contributed by atoms with Gasteiger partial charge in [0.05, 0.1) is 12.6 Å². The minimum absolute atomic E-state index is 0.0147. The van der Waals surface area contributed by atoms with Gasteiger partial charge in [0.1, 0.15) is 34.5 Å². The van der Waals surface area contributed by atoms with Crippen LogP contribution in [0.15, 0.2) is 60.1 Å². The van der Waals surface area contributed by atoms with Crippen LogP contribution in [0.4, 0.5) is 0 Å². The molecule has 4 N–H and O–H groups in total. The zero-order chi connectivity index (χ0) is 35.7. The fourth-order valence-electron chi connectivity index (χ4n) is 5.14. The number of fused-ring (bicyclic) bond motifs is 2. The number of likely N-dealkylation sites (N-methyl/N-ethyl adjacent to an activating group) is 1. The Morgan fingerprint density at radius 3 is 2.29 bits per heavy atom. The normalized spacial score (nSPS) is 22.0. The molecule has 0 spiro atoms. The number of carbonyl (C=O) groups is 6. The van der Waals surface area contributed by atoms with Gasteiger partial charge in [-0.15, -0.1) is 11.3 Å². The standard InChI is InChI=1S/C34H42N8O6S/c1-20(2)28-31(46)37-22(4)33(47)41(5)15-16-42(34(48)24-13-9-10-14-35-24)18-27(43)38-25(17-23-11-7-6-8-12-23)32-39-26(19-49-32)30(45)36-21(3)29(44)40-28/h6-14,19-22,25,28H,15-18H2,1-5H3,(H,36,45)(H,37,46)(H,38,43)(H,40,44)/t21-,22+,25-,28-/m0/s1. The summed E-state index contributed by atoms with van der Waals surface area (Å²) in [5, 5.41) is 12.9. The van der Waals surface area contributed by atoms with Crippen molar-refractivity contribution in [3.63, 3.8) is 0 Å². The molecule has 2 aromatic heterocycles. The van der Waals surface area contributed by atoms with Crippen molar-refractivity contribution in [3.8, 4) is 0 Å². The number of carbonyl (C=O) groups excluding carboxylic acids is 6. The first kappa shape index (κ1) is 36.7. The molecule has 1 aliphatic rings. The molecule has 15 heteroatoms. The van der Waals surface area contributed by atoms with Gasteiger partial charge in [0.15, 0.2) is 0 Å². The molecule has 14 nitrogen and oxygen atoms in total. The first-order chi connectivity index (χ1) is 23.3. The number of amides is 6. The minimum atomic E-state index is -1.02. The van der Waals surface area contributed by atoms with Gasteiger partial charge in [-0.1, -0.05) is 50.2 Å². The number of thiazole rings is 1. The van der Waals surface area contributed by atoms with Gasteiger partial charge in [-0.2, -0.15) is 0 Å². The number of benzene rings is 1. The second-order valence-electron chi connectivity index (χ2n) is 12.2. The lowest BCUT2D eigenvalue weighted by Crippen LogP contribution is -2.57. The summed E-state index contributed by atoms with van der Waals surface area (Å²) in [6, 6.07) is 10.7. The molecule has 3 heterocycles. The quantitative estimate of drug-likeness (QED) is 0.316. The lowest BCUT2D eigenvalue weighted by atomic mass is 10.0. The SMILES string of the molecule is CC(C)[C@@H]1NC(=O)[C@H](C)NC(=O)c2csc(n2)[C@H](Cc2ccccc2)NC(=O)CN(C(=O)c2ccccn2)CCN(C)C(=O)[C@@H](C)NC1=O. The van der Waals surface area contributed by atoms with Crippen LogP contribution in [0.5, 0.6) is 0 Å². The average molecular weight is 691 g/mol. The predicted octanol–water partition coefficient (Wildman–Crippen LogP) is 1.32. The highest BCUT2D eigenvalue weighted by Gasteiger charge is 2.31. The van der Waals surface area contributed by atoms with Crippen molar-refractivity contribution >= 4 is 46.8 Å². The molecular weight excluding hydrogens is 648 g/mol. The number of aromatic nitrogens is 2. The van der Waals surface area contributed by atoms with Crippen LogP contribution in [0, 0.1) is 5.92 Å². The summed E-state index contributed by atoms with van der Waals surface area (Å²) in [6.45, 7) is 6.19. The maximum Gasteiger partial charge on any atom is 0.272 e. The van der Waals surface area contributed by atoms with E-state index in [0.29, 0.717) is 11.4 Å². The molecule has 6 amide bonds. The maximum atomic E-state index is 13.6. The zero-order valence-electron chi connectivity index (χ0n) is 28.1. The third-order valence-corrected chi connectivity index (χ3v) is 8.93. The number of hydrogen-bond acceptors (Lipinski definition) is 9. The molecular formula is C34H42N8O6S. The Balaban J connectivity index is 1.68. The van der Waals surface area contributed by atoms with E-state index in [0.717, 1.165) is 5.56 Å². The van der Waals surface area contributed by atoms with Crippen LogP contribution in [-0.4, -0.2) is 100 Å². The summed E-state index contributed by atoms with van der Waals surface area (Å²) >= 11 is 1.17. The Bertz CT molecular complexity index is 1650. The van der Waals surface area contributed by atoms with E-state index in [9.17, 15) is 28.8 Å². The summed E-state index contributed by atoms with van der Waals surface area (Å²) in [6.07, 6.45) is 1.82. The molecule has 1 aromatic carbocycles.